The van der Waals surface area contributed by atoms with Gasteiger partial charge in [0.05, 0.1) is 3.53 Å². The molecule has 0 saturated carbocycles. The van der Waals surface area contributed by atoms with Crippen LogP contribution in [0.25, 0.3) is 0 Å². The molecule has 0 fully saturated rings. The summed E-state index contributed by atoms with van der Waals surface area (Å²) >= 11 is 11.4. The molecule has 0 aromatic rings. The summed E-state index contributed by atoms with van der Waals surface area (Å²) in [6, 6.07) is 0. The van der Waals surface area contributed by atoms with Crippen LogP contribution in [0.1, 0.15) is 0 Å². The van der Waals surface area contributed by atoms with Crippen molar-refractivity contribution in [3.05, 3.63) is 0 Å². The molecule has 0 aromatic heterocycles. The second-order valence-corrected chi connectivity index (χ2v) is 2.89. The quantitative estimate of drug-likeness (QED) is 0.193. The molecule has 6 heteroatoms. The standard InChI is InChI=1S/CH4O3.CH2S3/c2*2-1(3)4/h1-4H;(H2,2,3,4). The van der Waals surface area contributed by atoms with Crippen molar-refractivity contribution in [3.63, 3.8) is 0 Å². The number of thiol groups is 2. The van der Waals surface area contributed by atoms with Gasteiger partial charge in [0.25, 0.3) is 6.48 Å². The van der Waals surface area contributed by atoms with Gasteiger partial charge < -0.3 is 15.3 Å². The van der Waals surface area contributed by atoms with Gasteiger partial charge in [-0.2, -0.15) is 0 Å². The average molecular weight is 174 g/mol. The van der Waals surface area contributed by atoms with Crippen LogP contribution in [0.4, 0.5) is 0 Å². The van der Waals surface area contributed by atoms with E-state index in [4.69, 9.17) is 15.3 Å². The van der Waals surface area contributed by atoms with Crippen molar-refractivity contribution in [1.82, 2.24) is 0 Å². The van der Waals surface area contributed by atoms with Crippen molar-refractivity contribution >= 4 is 41.0 Å². The first-order valence-corrected chi connectivity index (χ1v) is 2.73. The Bertz CT molecular complexity index is 56.8. The number of thiocarbonyl (C=S) groups is 1. The van der Waals surface area contributed by atoms with E-state index in [1.54, 1.807) is 0 Å². The van der Waals surface area contributed by atoms with Gasteiger partial charge in [0.2, 0.25) is 0 Å². The van der Waals surface area contributed by atoms with Crippen molar-refractivity contribution < 1.29 is 15.3 Å². The van der Waals surface area contributed by atoms with E-state index in [1.165, 1.54) is 0 Å². The van der Waals surface area contributed by atoms with Gasteiger partial charge in [0, 0.05) is 0 Å². The predicted octanol–water partition coefficient (Wildman–Crippen LogP) is -0.622. The molecule has 0 aliphatic heterocycles. The van der Waals surface area contributed by atoms with Gasteiger partial charge in [-0.3, -0.25) is 0 Å². The molecular weight excluding hydrogens is 168 g/mol. The highest BCUT2D eigenvalue weighted by atomic mass is 32.2. The molecule has 0 atom stereocenters. The minimum atomic E-state index is -2.17. The molecule has 8 heavy (non-hydrogen) atoms. The van der Waals surface area contributed by atoms with E-state index in [0.29, 0.717) is 3.53 Å². The molecule has 0 amide bonds. The molecule has 50 valence electrons. The molecule has 0 aromatic carbocycles. The van der Waals surface area contributed by atoms with Crippen molar-refractivity contribution in [2.24, 2.45) is 0 Å². The molecule has 0 aliphatic carbocycles. The molecule has 0 heterocycles. The molecule has 0 radical (unpaired) electrons. The minimum absolute atomic E-state index is 0.389. The lowest BCUT2D eigenvalue weighted by atomic mass is 11.4. The smallest absolute Gasteiger partial charge is 0.263 e. The fourth-order valence-corrected chi connectivity index (χ4v) is 0. The van der Waals surface area contributed by atoms with Crippen molar-refractivity contribution in [2.75, 3.05) is 0 Å². The van der Waals surface area contributed by atoms with Crippen LogP contribution in [-0.2, 0) is 0 Å². The molecule has 3 nitrogen and oxygen atoms in total. The number of rotatable bonds is 0. The molecule has 0 rings (SSSR count). The van der Waals surface area contributed by atoms with E-state index in [-0.39, 0.29) is 0 Å². The normalized spacial score (nSPS) is 7.75. The number of hydrogen-bond donors (Lipinski definition) is 5. The van der Waals surface area contributed by atoms with Crippen molar-refractivity contribution in [3.8, 4) is 0 Å². The number of aliphatic hydroxyl groups is 3. The summed E-state index contributed by atoms with van der Waals surface area (Å²) in [5.74, 6) is 0. The Kier molecular flexibility index (Phi) is 11.0. The van der Waals surface area contributed by atoms with Gasteiger partial charge in [-0.1, -0.05) is 12.2 Å². The van der Waals surface area contributed by atoms with Crippen molar-refractivity contribution in [2.45, 2.75) is 6.48 Å². The Morgan fingerprint density at radius 1 is 1.25 bits per heavy atom. The van der Waals surface area contributed by atoms with E-state index >= 15 is 0 Å². The fourth-order valence-electron chi connectivity index (χ4n) is 0. The van der Waals surface area contributed by atoms with Gasteiger partial charge in [0.1, 0.15) is 0 Å². The summed E-state index contributed by atoms with van der Waals surface area (Å²) in [5.41, 5.74) is 0. The Morgan fingerprint density at radius 2 is 1.25 bits per heavy atom. The minimum Gasteiger partial charge on any atom is -0.346 e. The van der Waals surface area contributed by atoms with Gasteiger partial charge in [-0.05, 0) is 0 Å². The lowest BCUT2D eigenvalue weighted by Gasteiger charge is -1.80. The zero-order chi connectivity index (χ0) is 7.15. The van der Waals surface area contributed by atoms with Crippen LogP contribution in [0, 0.1) is 0 Å². The Morgan fingerprint density at radius 3 is 1.25 bits per heavy atom. The van der Waals surface area contributed by atoms with Crippen LogP contribution in [0.5, 0.6) is 0 Å². The molecule has 3 N–H and O–H groups in total. The van der Waals surface area contributed by atoms with Gasteiger partial charge in [-0.15, -0.1) is 25.3 Å². The first-order chi connectivity index (χ1) is 3.46. The van der Waals surface area contributed by atoms with E-state index < -0.39 is 6.48 Å². The van der Waals surface area contributed by atoms with Crippen LogP contribution in [-0.4, -0.2) is 25.3 Å². The van der Waals surface area contributed by atoms with E-state index in [2.05, 4.69) is 37.5 Å². The topological polar surface area (TPSA) is 60.7 Å². The maximum atomic E-state index is 7.17. The van der Waals surface area contributed by atoms with Gasteiger partial charge >= 0.3 is 0 Å². The third kappa shape index (κ3) is 478. The zero-order valence-electron chi connectivity index (χ0n) is 3.72. The lowest BCUT2D eigenvalue weighted by Crippen LogP contribution is -1.98. The lowest BCUT2D eigenvalue weighted by molar-refractivity contribution is -0.198. The first-order valence-electron chi connectivity index (χ1n) is 1.43. The summed E-state index contributed by atoms with van der Waals surface area (Å²) in [6.07, 6.45) is 0. The SMILES string of the molecule is OC(O)O.S=C(S)S. The molecule has 0 unspecified atom stereocenters. The molecule has 0 saturated heterocycles. The van der Waals surface area contributed by atoms with E-state index in [9.17, 15) is 0 Å². The molecule has 0 bridgehead atoms. The maximum Gasteiger partial charge on any atom is 0.263 e. The van der Waals surface area contributed by atoms with E-state index in [0.717, 1.165) is 0 Å². The zero-order valence-corrected chi connectivity index (χ0v) is 6.33. The summed E-state index contributed by atoms with van der Waals surface area (Å²) in [4.78, 5) is 0. The van der Waals surface area contributed by atoms with Crippen LogP contribution >= 0.6 is 37.5 Å². The Hall–Kier alpha value is 0.670. The van der Waals surface area contributed by atoms with Crippen LogP contribution in [0.3, 0.4) is 0 Å². The predicted molar refractivity (Wildman–Crippen MR) is 41.0 cm³/mol. The third-order valence-corrected chi connectivity index (χ3v) is 0. The van der Waals surface area contributed by atoms with Crippen molar-refractivity contribution in [1.29, 1.82) is 0 Å². The Labute approximate surface area is 63.2 Å². The van der Waals surface area contributed by atoms with Crippen LogP contribution in [0.2, 0.25) is 0 Å². The first kappa shape index (κ1) is 11.5. The van der Waals surface area contributed by atoms with E-state index in [1.807, 2.05) is 0 Å². The highest BCUT2D eigenvalue weighted by Gasteiger charge is 1.72. The molecule has 0 aliphatic rings. The van der Waals surface area contributed by atoms with Crippen LogP contribution < -0.4 is 0 Å². The average Bonchev–Trinajstić information content (AvgIpc) is 1.25. The highest BCUT2D eigenvalue weighted by Crippen LogP contribution is 1.83. The summed E-state index contributed by atoms with van der Waals surface area (Å²) < 4.78 is 0.389. The number of hydrogen-bond acceptors (Lipinski definition) is 4. The van der Waals surface area contributed by atoms with Gasteiger partial charge in [-0.25, -0.2) is 0 Å². The monoisotopic (exact) mass is 174 g/mol. The number of aliphatic hydroxyl groups excluding tert-OH is 1. The summed E-state index contributed by atoms with van der Waals surface area (Å²) in [6.45, 7) is -2.17. The second-order valence-electron chi connectivity index (χ2n) is 0.629. The maximum absolute atomic E-state index is 7.17. The largest absolute Gasteiger partial charge is 0.346 e. The summed E-state index contributed by atoms with van der Waals surface area (Å²) in [7, 11) is 0. The third-order valence-electron chi connectivity index (χ3n) is 0. The second kappa shape index (κ2) is 7.67. The summed E-state index contributed by atoms with van der Waals surface area (Å²) in [5, 5.41) is 21.5. The van der Waals surface area contributed by atoms with Gasteiger partial charge in [0.15, 0.2) is 0 Å². The molecule has 0 spiro atoms. The Balaban J connectivity index is 0. The highest BCUT2D eigenvalue weighted by molar-refractivity contribution is 8.34. The fraction of sp³-hybridized carbons (Fsp3) is 0.500. The molecular formula is C2H6O3S3. The van der Waals surface area contributed by atoms with Crippen LogP contribution in [0.15, 0.2) is 0 Å².